The summed E-state index contributed by atoms with van der Waals surface area (Å²) in [6.45, 7) is 1.68. The van der Waals surface area contributed by atoms with Crippen molar-refractivity contribution in [1.29, 1.82) is 0 Å². The number of anilines is 1. The number of halogens is 1. The largest absolute Gasteiger partial charge is 0.366 e. The molecule has 3 aromatic heterocycles. The summed E-state index contributed by atoms with van der Waals surface area (Å²) in [5.41, 5.74) is 1.58. The van der Waals surface area contributed by atoms with Crippen LogP contribution in [0.1, 0.15) is 12.8 Å². The summed E-state index contributed by atoms with van der Waals surface area (Å²) in [5.74, 6) is 0.277. The highest BCUT2D eigenvalue weighted by molar-refractivity contribution is 5.91. The molecule has 1 fully saturated rings. The van der Waals surface area contributed by atoms with E-state index in [1.807, 2.05) is 12.1 Å². The summed E-state index contributed by atoms with van der Waals surface area (Å²) < 4.78 is 14.0. The number of nitrogens with zero attached hydrogens (tertiary/aromatic N) is 3. The molecular weight excluding hydrogens is 295 g/mol. The molecule has 0 radical (unpaired) electrons. The number of H-pyrrole nitrogens is 1. The molecule has 0 amide bonds. The fraction of sp³-hybridized carbons (Fsp3) is 0.312. The summed E-state index contributed by atoms with van der Waals surface area (Å²) in [5, 5.41) is 7.38. The Balaban J connectivity index is 1.63. The Hall–Kier alpha value is -2.54. The van der Waals surface area contributed by atoms with Gasteiger partial charge in [-0.1, -0.05) is 0 Å². The van der Waals surface area contributed by atoms with Crippen LogP contribution in [-0.4, -0.2) is 39.1 Å². The van der Waals surface area contributed by atoms with Gasteiger partial charge in [0, 0.05) is 35.9 Å². The van der Waals surface area contributed by atoms with Crippen molar-refractivity contribution in [2.75, 3.05) is 18.4 Å². The number of hydrogen-bond acceptors (Lipinski definition) is 5. The Morgan fingerprint density at radius 3 is 3.17 bits per heavy atom. The fourth-order valence-electron chi connectivity index (χ4n) is 2.91. The molecule has 118 valence electrons. The van der Waals surface area contributed by atoms with E-state index in [9.17, 15) is 4.39 Å². The van der Waals surface area contributed by atoms with Gasteiger partial charge in [0.15, 0.2) is 17.5 Å². The zero-order valence-corrected chi connectivity index (χ0v) is 12.5. The standard InChI is InChI=1S/C16H17FN6/c17-13-9-22-15(12-8-21-14-11(12)4-2-6-19-14)23-16(13)20-7-10-3-1-5-18-10/h2,4,6,8-10,18H,1,3,5,7H2,(H,19,21)(H,20,22,23)/t10-/m0/s1. The smallest absolute Gasteiger partial charge is 0.183 e. The minimum absolute atomic E-state index is 0.238. The molecule has 4 heterocycles. The third-order valence-electron chi connectivity index (χ3n) is 4.11. The summed E-state index contributed by atoms with van der Waals surface area (Å²) >= 11 is 0. The number of pyridine rings is 1. The number of fused-ring (bicyclic) bond motifs is 1. The van der Waals surface area contributed by atoms with Crippen molar-refractivity contribution < 1.29 is 4.39 Å². The predicted octanol–water partition coefficient (Wildman–Crippen LogP) is 2.32. The molecule has 1 atom stereocenters. The lowest BCUT2D eigenvalue weighted by Gasteiger charge is -2.12. The number of aromatic amines is 1. The molecule has 1 aliphatic heterocycles. The number of rotatable bonds is 4. The Morgan fingerprint density at radius 2 is 2.30 bits per heavy atom. The van der Waals surface area contributed by atoms with Gasteiger partial charge in [-0.15, -0.1) is 0 Å². The van der Waals surface area contributed by atoms with E-state index in [0.29, 0.717) is 18.4 Å². The maximum Gasteiger partial charge on any atom is 0.183 e. The van der Waals surface area contributed by atoms with Crippen LogP contribution in [0.2, 0.25) is 0 Å². The molecule has 23 heavy (non-hydrogen) atoms. The van der Waals surface area contributed by atoms with E-state index in [1.165, 1.54) is 6.20 Å². The van der Waals surface area contributed by atoms with Gasteiger partial charge in [-0.2, -0.15) is 0 Å². The maximum absolute atomic E-state index is 14.0. The molecule has 3 aromatic rings. The van der Waals surface area contributed by atoms with E-state index in [0.717, 1.165) is 36.0 Å². The number of hydrogen-bond donors (Lipinski definition) is 3. The molecule has 1 aliphatic rings. The van der Waals surface area contributed by atoms with Crippen LogP contribution in [0.25, 0.3) is 22.4 Å². The van der Waals surface area contributed by atoms with Crippen molar-refractivity contribution in [2.45, 2.75) is 18.9 Å². The maximum atomic E-state index is 14.0. The molecule has 1 saturated heterocycles. The number of aromatic nitrogens is 4. The highest BCUT2D eigenvalue weighted by Gasteiger charge is 2.16. The minimum Gasteiger partial charge on any atom is -0.366 e. The summed E-state index contributed by atoms with van der Waals surface area (Å²) in [7, 11) is 0. The lowest BCUT2D eigenvalue weighted by Crippen LogP contribution is -2.29. The normalized spacial score (nSPS) is 17.7. The van der Waals surface area contributed by atoms with Crippen molar-refractivity contribution >= 4 is 16.9 Å². The Labute approximate surface area is 132 Å². The number of nitrogens with one attached hydrogen (secondary N) is 3. The lowest BCUT2D eigenvalue weighted by molar-refractivity contribution is 0.603. The van der Waals surface area contributed by atoms with Crippen molar-refractivity contribution in [2.24, 2.45) is 0 Å². The first-order valence-corrected chi connectivity index (χ1v) is 7.73. The highest BCUT2D eigenvalue weighted by atomic mass is 19.1. The molecule has 0 unspecified atom stereocenters. The second kappa shape index (κ2) is 5.92. The van der Waals surface area contributed by atoms with Crippen molar-refractivity contribution in [3.63, 3.8) is 0 Å². The van der Waals surface area contributed by atoms with E-state index in [2.05, 4.69) is 30.6 Å². The highest BCUT2D eigenvalue weighted by Crippen LogP contribution is 2.26. The van der Waals surface area contributed by atoms with Crippen LogP contribution >= 0.6 is 0 Å². The van der Waals surface area contributed by atoms with Crippen LogP contribution < -0.4 is 10.6 Å². The first-order valence-electron chi connectivity index (χ1n) is 7.73. The third kappa shape index (κ3) is 2.75. The SMILES string of the molecule is Fc1cnc(-c2c[nH]c3ncccc23)nc1NC[C@@H]1CCCN1. The average Bonchev–Trinajstić information content (AvgIpc) is 3.23. The predicted molar refractivity (Wildman–Crippen MR) is 86.6 cm³/mol. The van der Waals surface area contributed by atoms with Crippen LogP contribution in [0.5, 0.6) is 0 Å². The zero-order chi connectivity index (χ0) is 15.6. The quantitative estimate of drug-likeness (QED) is 0.689. The third-order valence-corrected chi connectivity index (χ3v) is 4.11. The molecule has 0 aromatic carbocycles. The monoisotopic (exact) mass is 312 g/mol. The first kappa shape index (κ1) is 14.1. The van der Waals surface area contributed by atoms with Gasteiger partial charge in [0.1, 0.15) is 5.65 Å². The molecule has 0 saturated carbocycles. The Kier molecular flexibility index (Phi) is 3.63. The van der Waals surface area contributed by atoms with Crippen LogP contribution in [0.15, 0.2) is 30.7 Å². The summed E-state index contributed by atoms with van der Waals surface area (Å²) in [6.07, 6.45) is 6.98. The minimum atomic E-state index is -0.440. The van der Waals surface area contributed by atoms with Crippen molar-refractivity contribution in [1.82, 2.24) is 25.3 Å². The molecule has 4 rings (SSSR count). The summed E-state index contributed by atoms with van der Waals surface area (Å²) in [4.78, 5) is 15.8. The molecule has 0 spiro atoms. The van der Waals surface area contributed by atoms with Gasteiger partial charge >= 0.3 is 0 Å². The van der Waals surface area contributed by atoms with Gasteiger partial charge in [0.2, 0.25) is 0 Å². The summed E-state index contributed by atoms with van der Waals surface area (Å²) in [6, 6.07) is 4.16. The van der Waals surface area contributed by atoms with Crippen LogP contribution in [-0.2, 0) is 0 Å². The Bertz CT molecular complexity index is 824. The van der Waals surface area contributed by atoms with E-state index in [4.69, 9.17) is 0 Å². The molecule has 0 bridgehead atoms. The van der Waals surface area contributed by atoms with E-state index in [1.54, 1.807) is 12.4 Å². The lowest BCUT2D eigenvalue weighted by atomic mass is 10.2. The van der Waals surface area contributed by atoms with Gasteiger partial charge in [-0.3, -0.25) is 0 Å². The van der Waals surface area contributed by atoms with E-state index >= 15 is 0 Å². The molecule has 6 nitrogen and oxygen atoms in total. The van der Waals surface area contributed by atoms with E-state index < -0.39 is 5.82 Å². The van der Waals surface area contributed by atoms with Crippen LogP contribution in [0.3, 0.4) is 0 Å². The van der Waals surface area contributed by atoms with Crippen LogP contribution in [0.4, 0.5) is 10.2 Å². The zero-order valence-electron chi connectivity index (χ0n) is 12.5. The first-order chi connectivity index (χ1) is 11.3. The fourth-order valence-corrected chi connectivity index (χ4v) is 2.91. The second-order valence-electron chi connectivity index (χ2n) is 5.67. The van der Waals surface area contributed by atoms with Crippen molar-refractivity contribution in [3.05, 3.63) is 36.5 Å². The Morgan fingerprint density at radius 1 is 1.35 bits per heavy atom. The van der Waals surface area contributed by atoms with Crippen LogP contribution in [0, 0.1) is 5.82 Å². The van der Waals surface area contributed by atoms with Gasteiger partial charge in [0.25, 0.3) is 0 Å². The van der Waals surface area contributed by atoms with Gasteiger partial charge in [0.05, 0.1) is 6.20 Å². The van der Waals surface area contributed by atoms with E-state index in [-0.39, 0.29) is 5.82 Å². The van der Waals surface area contributed by atoms with Gasteiger partial charge in [-0.25, -0.2) is 19.3 Å². The van der Waals surface area contributed by atoms with Gasteiger partial charge < -0.3 is 15.6 Å². The molecule has 3 N–H and O–H groups in total. The second-order valence-corrected chi connectivity index (χ2v) is 5.67. The molecule has 0 aliphatic carbocycles. The topological polar surface area (TPSA) is 78.5 Å². The average molecular weight is 312 g/mol. The van der Waals surface area contributed by atoms with Crippen molar-refractivity contribution in [3.8, 4) is 11.4 Å². The molecular formula is C16H17FN6. The van der Waals surface area contributed by atoms with Gasteiger partial charge in [-0.05, 0) is 31.5 Å². The molecule has 7 heteroatoms.